The first-order valence-electron chi connectivity index (χ1n) is 7.29. The van der Waals surface area contributed by atoms with Crippen LogP contribution in [0, 0.1) is 5.82 Å². The number of halogens is 1. The number of hydrogen-bond donors (Lipinski definition) is 2. The molecule has 1 heterocycles. The maximum Gasteiger partial charge on any atom is 0.278 e. The van der Waals surface area contributed by atoms with Gasteiger partial charge in [-0.15, -0.1) is 0 Å². The van der Waals surface area contributed by atoms with Crippen molar-refractivity contribution in [3.8, 4) is 0 Å². The summed E-state index contributed by atoms with van der Waals surface area (Å²) < 4.78 is 13.1. The third-order valence-electron chi connectivity index (χ3n) is 3.40. The molecule has 0 aliphatic heterocycles. The number of rotatable bonds is 6. The molecule has 2 amide bonds. The Morgan fingerprint density at radius 3 is 2.48 bits per heavy atom. The average Bonchev–Trinajstić information content (AvgIpc) is 2.99. The van der Waals surface area contributed by atoms with Crippen LogP contribution in [-0.4, -0.2) is 28.6 Å². The van der Waals surface area contributed by atoms with Gasteiger partial charge in [-0.2, -0.15) is 5.10 Å². The van der Waals surface area contributed by atoms with Crippen LogP contribution in [0.4, 0.5) is 10.1 Å². The molecule has 0 unspecified atom stereocenters. The Balaban J connectivity index is 2.29. The standard InChI is InChI=1S/C16H19FN4O2/c1-10(2)13-9-14(20-19-13)16(23)21(8-7-15(18)22)12-5-3-11(17)4-6-12/h3-6,9-10H,7-8H2,1-2H3,(H2,18,22)(H,19,20). The molecule has 3 N–H and O–H groups in total. The van der Waals surface area contributed by atoms with Crippen LogP contribution in [0.15, 0.2) is 30.3 Å². The Morgan fingerprint density at radius 1 is 1.30 bits per heavy atom. The van der Waals surface area contributed by atoms with Gasteiger partial charge >= 0.3 is 0 Å². The molecule has 0 spiro atoms. The van der Waals surface area contributed by atoms with E-state index in [1.54, 1.807) is 6.07 Å². The Morgan fingerprint density at radius 2 is 1.96 bits per heavy atom. The number of nitrogens with two attached hydrogens (primary N) is 1. The maximum absolute atomic E-state index is 13.1. The lowest BCUT2D eigenvalue weighted by atomic mass is 10.1. The first-order chi connectivity index (χ1) is 10.9. The average molecular weight is 318 g/mol. The van der Waals surface area contributed by atoms with Crippen molar-refractivity contribution >= 4 is 17.5 Å². The summed E-state index contributed by atoms with van der Waals surface area (Å²) in [6.07, 6.45) is 0.00454. The molecular weight excluding hydrogens is 299 g/mol. The van der Waals surface area contributed by atoms with E-state index in [2.05, 4.69) is 10.2 Å². The van der Waals surface area contributed by atoms with Crippen molar-refractivity contribution in [1.29, 1.82) is 0 Å². The van der Waals surface area contributed by atoms with E-state index in [0.717, 1.165) is 5.69 Å². The van der Waals surface area contributed by atoms with E-state index in [4.69, 9.17) is 5.73 Å². The second-order valence-corrected chi connectivity index (χ2v) is 5.51. The van der Waals surface area contributed by atoms with Crippen molar-refractivity contribution in [2.75, 3.05) is 11.4 Å². The van der Waals surface area contributed by atoms with E-state index < -0.39 is 11.7 Å². The highest BCUT2D eigenvalue weighted by Gasteiger charge is 2.21. The van der Waals surface area contributed by atoms with Crippen molar-refractivity contribution in [3.63, 3.8) is 0 Å². The number of aromatic nitrogens is 2. The summed E-state index contributed by atoms with van der Waals surface area (Å²) in [5.74, 6) is -1.09. The highest BCUT2D eigenvalue weighted by Crippen LogP contribution is 2.19. The van der Waals surface area contributed by atoms with Crippen LogP contribution >= 0.6 is 0 Å². The number of nitrogens with zero attached hydrogens (tertiary/aromatic N) is 2. The first-order valence-corrected chi connectivity index (χ1v) is 7.29. The largest absolute Gasteiger partial charge is 0.370 e. The number of primary amides is 1. The number of benzene rings is 1. The van der Waals surface area contributed by atoms with Crippen molar-refractivity contribution < 1.29 is 14.0 Å². The fourth-order valence-corrected chi connectivity index (χ4v) is 2.07. The minimum absolute atomic E-state index is 0.00454. The number of carbonyl (C=O) groups excluding carboxylic acids is 2. The Hall–Kier alpha value is -2.70. The van der Waals surface area contributed by atoms with Crippen molar-refractivity contribution in [2.45, 2.75) is 26.2 Å². The fraction of sp³-hybridized carbons (Fsp3) is 0.312. The molecule has 7 heteroatoms. The minimum atomic E-state index is -0.519. The summed E-state index contributed by atoms with van der Waals surface area (Å²) in [4.78, 5) is 25.1. The zero-order valence-corrected chi connectivity index (χ0v) is 13.0. The number of aromatic amines is 1. The molecule has 0 saturated carbocycles. The predicted octanol–water partition coefficient (Wildman–Crippen LogP) is 2.19. The van der Waals surface area contributed by atoms with Gasteiger partial charge in [0, 0.05) is 24.3 Å². The van der Waals surface area contributed by atoms with Crippen LogP contribution < -0.4 is 10.6 Å². The highest BCUT2D eigenvalue weighted by molar-refractivity contribution is 6.05. The third-order valence-corrected chi connectivity index (χ3v) is 3.40. The molecule has 1 aromatic heterocycles. The lowest BCUT2D eigenvalue weighted by Gasteiger charge is -2.21. The summed E-state index contributed by atoms with van der Waals surface area (Å²) in [5, 5.41) is 6.84. The van der Waals surface area contributed by atoms with Crippen molar-refractivity contribution in [3.05, 3.63) is 47.5 Å². The fourth-order valence-electron chi connectivity index (χ4n) is 2.07. The van der Waals surface area contributed by atoms with Gasteiger partial charge < -0.3 is 10.6 Å². The topological polar surface area (TPSA) is 92.1 Å². The SMILES string of the molecule is CC(C)c1cc(C(=O)N(CCC(N)=O)c2ccc(F)cc2)n[nH]1. The zero-order chi connectivity index (χ0) is 17.0. The zero-order valence-electron chi connectivity index (χ0n) is 13.0. The molecule has 2 aromatic rings. The quantitative estimate of drug-likeness (QED) is 0.855. The van der Waals surface area contributed by atoms with E-state index in [0.29, 0.717) is 5.69 Å². The van der Waals surface area contributed by atoms with Crippen LogP contribution in [-0.2, 0) is 4.79 Å². The lowest BCUT2D eigenvalue weighted by molar-refractivity contribution is -0.117. The second-order valence-electron chi connectivity index (χ2n) is 5.51. The number of amides is 2. The molecule has 0 atom stereocenters. The van der Waals surface area contributed by atoms with E-state index >= 15 is 0 Å². The van der Waals surface area contributed by atoms with Gasteiger partial charge in [-0.25, -0.2) is 4.39 Å². The van der Waals surface area contributed by atoms with E-state index in [-0.39, 0.29) is 30.5 Å². The number of H-pyrrole nitrogens is 1. The molecule has 0 saturated heterocycles. The summed E-state index contributed by atoms with van der Waals surface area (Å²) >= 11 is 0. The van der Waals surface area contributed by atoms with E-state index in [1.807, 2.05) is 13.8 Å². The monoisotopic (exact) mass is 318 g/mol. The van der Waals surface area contributed by atoms with Gasteiger partial charge in [-0.1, -0.05) is 13.8 Å². The normalized spacial score (nSPS) is 10.8. The van der Waals surface area contributed by atoms with Gasteiger partial charge in [0.15, 0.2) is 5.69 Å². The molecule has 0 radical (unpaired) electrons. The smallest absolute Gasteiger partial charge is 0.278 e. The Kier molecular flexibility index (Phi) is 5.10. The van der Waals surface area contributed by atoms with E-state index in [1.165, 1.54) is 29.2 Å². The Bertz CT molecular complexity index is 694. The molecule has 2 rings (SSSR count). The molecule has 23 heavy (non-hydrogen) atoms. The summed E-state index contributed by atoms with van der Waals surface area (Å²) in [7, 11) is 0. The number of anilines is 1. The maximum atomic E-state index is 13.1. The lowest BCUT2D eigenvalue weighted by Crippen LogP contribution is -2.34. The van der Waals surface area contributed by atoms with Crippen LogP contribution in [0.1, 0.15) is 42.4 Å². The summed E-state index contributed by atoms with van der Waals surface area (Å²) in [6.45, 7) is 4.06. The van der Waals surface area contributed by atoms with Gasteiger partial charge in [0.1, 0.15) is 5.82 Å². The van der Waals surface area contributed by atoms with Crippen LogP contribution in [0.5, 0.6) is 0 Å². The van der Waals surface area contributed by atoms with E-state index in [9.17, 15) is 14.0 Å². The highest BCUT2D eigenvalue weighted by atomic mass is 19.1. The van der Waals surface area contributed by atoms with Crippen LogP contribution in [0.2, 0.25) is 0 Å². The van der Waals surface area contributed by atoms with Gasteiger partial charge in [0.05, 0.1) is 0 Å². The molecule has 1 aromatic carbocycles. The second kappa shape index (κ2) is 7.04. The third kappa shape index (κ3) is 4.15. The number of hydrogen-bond acceptors (Lipinski definition) is 3. The molecule has 0 aliphatic rings. The molecule has 0 aliphatic carbocycles. The molecular formula is C16H19FN4O2. The van der Waals surface area contributed by atoms with Crippen molar-refractivity contribution in [2.24, 2.45) is 5.73 Å². The first kappa shape index (κ1) is 16.7. The Labute approximate surface area is 133 Å². The minimum Gasteiger partial charge on any atom is -0.370 e. The van der Waals surface area contributed by atoms with Gasteiger partial charge in [-0.3, -0.25) is 14.7 Å². The number of carbonyl (C=O) groups is 2. The van der Waals surface area contributed by atoms with Gasteiger partial charge in [0.2, 0.25) is 5.91 Å². The summed E-state index contributed by atoms with van der Waals surface area (Å²) in [5.41, 5.74) is 6.72. The van der Waals surface area contributed by atoms with Gasteiger partial charge in [-0.05, 0) is 36.2 Å². The van der Waals surface area contributed by atoms with Gasteiger partial charge in [0.25, 0.3) is 5.91 Å². The number of nitrogens with one attached hydrogen (secondary N) is 1. The van der Waals surface area contributed by atoms with Crippen LogP contribution in [0.25, 0.3) is 0 Å². The molecule has 0 fully saturated rings. The van der Waals surface area contributed by atoms with Crippen LogP contribution in [0.3, 0.4) is 0 Å². The summed E-state index contributed by atoms with van der Waals surface area (Å²) in [6, 6.07) is 7.14. The predicted molar refractivity (Wildman–Crippen MR) is 84.6 cm³/mol. The molecule has 0 bridgehead atoms. The molecule has 6 nitrogen and oxygen atoms in total. The van der Waals surface area contributed by atoms with Crippen molar-refractivity contribution in [1.82, 2.24) is 10.2 Å². The molecule has 122 valence electrons.